The number of aromatic amines is 1. The summed E-state index contributed by atoms with van der Waals surface area (Å²) >= 11 is 5.88. The first kappa shape index (κ1) is 15.1. The third-order valence-corrected chi connectivity index (χ3v) is 3.45. The van der Waals surface area contributed by atoms with Crippen molar-refractivity contribution in [2.24, 2.45) is 0 Å². The minimum atomic E-state index is -0.389. The lowest BCUT2D eigenvalue weighted by molar-refractivity contribution is 0.438. The third-order valence-electron chi connectivity index (χ3n) is 3.21. The molecule has 0 amide bonds. The third kappa shape index (κ3) is 3.67. The number of H-pyrrole nitrogens is 1. The lowest BCUT2D eigenvalue weighted by Gasteiger charge is -2.00. The SMILES string of the molecule is O=c1[nH]c2cc(Cl)ccc2nc1C=C(O)/C=C\c1ccccc1. The average Bonchev–Trinajstić information content (AvgIpc) is 2.55. The van der Waals surface area contributed by atoms with E-state index in [1.807, 2.05) is 30.3 Å². The summed E-state index contributed by atoms with van der Waals surface area (Å²) < 4.78 is 0. The van der Waals surface area contributed by atoms with Gasteiger partial charge in [0.05, 0.1) is 11.0 Å². The smallest absolute Gasteiger partial charge is 0.274 e. The minimum absolute atomic E-state index is 0.0554. The van der Waals surface area contributed by atoms with E-state index in [0.717, 1.165) is 5.56 Å². The molecule has 0 spiro atoms. The summed E-state index contributed by atoms with van der Waals surface area (Å²) in [5.41, 5.74) is 1.84. The maximum atomic E-state index is 12.0. The Morgan fingerprint density at radius 2 is 1.96 bits per heavy atom. The Morgan fingerprint density at radius 1 is 1.17 bits per heavy atom. The first-order valence-corrected chi connectivity index (χ1v) is 7.33. The Bertz CT molecular complexity index is 960. The molecule has 4 nitrogen and oxygen atoms in total. The predicted molar refractivity (Wildman–Crippen MR) is 93.5 cm³/mol. The number of hydrogen-bond donors (Lipinski definition) is 2. The number of rotatable bonds is 3. The summed E-state index contributed by atoms with van der Waals surface area (Å²) in [5.74, 6) is -0.0554. The highest BCUT2D eigenvalue weighted by molar-refractivity contribution is 6.31. The van der Waals surface area contributed by atoms with Crippen LogP contribution < -0.4 is 5.56 Å². The second kappa shape index (κ2) is 6.50. The van der Waals surface area contributed by atoms with E-state index in [4.69, 9.17) is 11.6 Å². The number of aromatic nitrogens is 2. The van der Waals surface area contributed by atoms with Crippen molar-refractivity contribution in [1.29, 1.82) is 0 Å². The van der Waals surface area contributed by atoms with Gasteiger partial charge in [-0.25, -0.2) is 4.98 Å². The fourth-order valence-corrected chi connectivity index (χ4v) is 2.28. The number of allylic oxidation sites excluding steroid dienone is 1. The molecular formula is C18H13ClN2O2. The molecule has 2 aromatic carbocycles. The molecule has 2 N–H and O–H groups in total. The molecule has 3 rings (SSSR count). The van der Waals surface area contributed by atoms with Gasteiger partial charge in [0.15, 0.2) is 0 Å². The number of halogens is 1. The summed E-state index contributed by atoms with van der Waals surface area (Å²) in [7, 11) is 0. The van der Waals surface area contributed by atoms with Gasteiger partial charge in [-0.05, 0) is 29.8 Å². The summed E-state index contributed by atoms with van der Waals surface area (Å²) in [5, 5.41) is 10.5. The quantitative estimate of drug-likeness (QED) is 0.561. The van der Waals surface area contributed by atoms with Crippen LogP contribution in [0, 0.1) is 0 Å². The van der Waals surface area contributed by atoms with Gasteiger partial charge in [-0.15, -0.1) is 0 Å². The number of nitrogens with one attached hydrogen (secondary N) is 1. The first-order valence-electron chi connectivity index (χ1n) is 6.95. The number of benzene rings is 2. The standard InChI is InChI=1S/C18H13ClN2O2/c19-13-7-9-15-16(10-13)21-18(23)17(20-15)11-14(22)8-6-12-4-2-1-3-5-12/h1-11,22H,(H,21,23)/b8-6-,14-11?. The average molecular weight is 325 g/mol. The predicted octanol–water partition coefficient (Wildman–Crippen LogP) is 4.19. The summed E-state index contributed by atoms with van der Waals surface area (Å²) in [6.45, 7) is 0. The molecule has 0 aliphatic heterocycles. The van der Waals surface area contributed by atoms with Crippen LogP contribution in [0.15, 0.2) is 65.2 Å². The van der Waals surface area contributed by atoms with Crippen LogP contribution in [0.5, 0.6) is 0 Å². The van der Waals surface area contributed by atoms with E-state index >= 15 is 0 Å². The number of fused-ring (bicyclic) bond motifs is 1. The fraction of sp³-hybridized carbons (Fsp3) is 0. The molecule has 0 bridgehead atoms. The van der Waals surface area contributed by atoms with Gasteiger partial charge < -0.3 is 10.1 Å². The molecule has 1 heterocycles. The zero-order valence-electron chi connectivity index (χ0n) is 12.0. The van der Waals surface area contributed by atoms with Crippen LogP contribution in [-0.4, -0.2) is 15.1 Å². The van der Waals surface area contributed by atoms with E-state index < -0.39 is 0 Å². The molecule has 5 heteroatoms. The van der Waals surface area contributed by atoms with Gasteiger partial charge in [-0.1, -0.05) is 48.0 Å². The molecule has 0 radical (unpaired) electrons. The van der Waals surface area contributed by atoms with Crippen molar-refractivity contribution < 1.29 is 5.11 Å². The second-order valence-electron chi connectivity index (χ2n) is 4.93. The van der Waals surface area contributed by atoms with Crippen LogP contribution >= 0.6 is 11.6 Å². The number of hydrogen-bond acceptors (Lipinski definition) is 3. The van der Waals surface area contributed by atoms with Crippen LogP contribution in [0.3, 0.4) is 0 Å². The number of aliphatic hydroxyl groups is 1. The van der Waals surface area contributed by atoms with Crippen molar-refractivity contribution in [2.45, 2.75) is 0 Å². The van der Waals surface area contributed by atoms with E-state index in [-0.39, 0.29) is 17.0 Å². The van der Waals surface area contributed by atoms with E-state index in [1.54, 1.807) is 24.3 Å². The Balaban J connectivity index is 1.93. The van der Waals surface area contributed by atoms with Crippen molar-refractivity contribution in [3.8, 4) is 0 Å². The van der Waals surface area contributed by atoms with Gasteiger partial charge in [0.25, 0.3) is 5.56 Å². The summed E-state index contributed by atoms with van der Waals surface area (Å²) in [6.07, 6.45) is 4.59. The van der Waals surface area contributed by atoms with Crippen LogP contribution in [0.1, 0.15) is 11.3 Å². The number of aliphatic hydroxyl groups excluding tert-OH is 1. The largest absolute Gasteiger partial charge is 0.508 e. The lowest BCUT2D eigenvalue weighted by atomic mass is 10.2. The molecule has 23 heavy (non-hydrogen) atoms. The highest BCUT2D eigenvalue weighted by atomic mass is 35.5. The molecule has 0 saturated heterocycles. The summed E-state index contributed by atoms with van der Waals surface area (Å²) in [6, 6.07) is 14.6. The van der Waals surface area contributed by atoms with Gasteiger partial charge in [0, 0.05) is 11.1 Å². The second-order valence-corrected chi connectivity index (χ2v) is 5.36. The van der Waals surface area contributed by atoms with Gasteiger partial charge in [-0.3, -0.25) is 4.79 Å². The van der Waals surface area contributed by atoms with Crippen LogP contribution in [0.4, 0.5) is 0 Å². The van der Waals surface area contributed by atoms with Crippen molar-refractivity contribution >= 4 is 34.8 Å². The van der Waals surface area contributed by atoms with Crippen molar-refractivity contribution in [3.05, 3.63) is 87.0 Å². The van der Waals surface area contributed by atoms with Crippen molar-refractivity contribution in [1.82, 2.24) is 9.97 Å². The minimum Gasteiger partial charge on any atom is -0.508 e. The van der Waals surface area contributed by atoms with Gasteiger partial charge in [0.1, 0.15) is 11.5 Å². The molecule has 0 aliphatic rings. The van der Waals surface area contributed by atoms with Crippen LogP contribution in [-0.2, 0) is 0 Å². The van der Waals surface area contributed by atoms with Crippen LogP contribution in [0.2, 0.25) is 5.02 Å². The molecule has 0 aliphatic carbocycles. The zero-order chi connectivity index (χ0) is 16.2. The van der Waals surface area contributed by atoms with E-state index in [2.05, 4.69) is 9.97 Å². The summed E-state index contributed by atoms with van der Waals surface area (Å²) in [4.78, 5) is 18.9. The molecule has 3 aromatic rings. The Labute approximate surface area is 137 Å². The highest BCUT2D eigenvalue weighted by Crippen LogP contribution is 2.15. The molecule has 0 atom stereocenters. The Morgan fingerprint density at radius 3 is 2.74 bits per heavy atom. The van der Waals surface area contributed by atoms with Crippen molar-refractivity contribution in [3.63, 3.8) is 0 Å². The van der Waals surface area contributed by atoms with Crippen LogP contribution in [0.25, 0.3) is 23.2 Å². The molecule has 0 fully saturated rings. The maximum absolute atomic E-state index is 12.0. The normalized spacial score (nSPS) is 12.1. The van der Waals surface area contributed by atoms with E-state index in [1.165, 1.54) is 12.2 Å². The van der Waals surface area contributed by atoms with E-state index in [0.29, 0.717) is 16.1 Å². The molecule has 0 saturated carbocycles. The van der Waals surface area contributed by atoms with Crippen molar-refractivity contribution in [2.75, 3.05) is 0 Å². The van der Waals surface area contributed by atoms with Gasteiger partial charge in [0.2, 0.25) is 0 Å². The van der Waals surface area contributed by atoms with E-state index in [9.17, 15) is 9.90 Å². The zero-order valence-corrected chi connectivity index (χ0v) is 12.8. The fourth-order valence-electron chi connectivity index (χ4n) is 2.10. The molecule has 114 valence electrons. The maximum Gasteiger partial charge on any atom is 0.274 e. The van der Waals surface area contributed by atoms with Gasteiger partial charge in [-0.2, -0.15) is 0 Å². The number of nitrogens with zero attached hydrogens (tertiary/aromatic N) is 1. The lowest BCUT2D eigenvalue weighted by Crippen LogP contribution is -2.12. The molecule has 0 unspecified atom stereocenters. The molecular weight excluding hydrogens is 312 g/mol. The molecule has 1 aromatic heterocycles. The first-order chi connectivity index (χ1) is 11.1. The Hall–Kier alpha value is -2.85. The monoisotopic (exact) mass is 324 g/mol. The Kier molecular flexibility index (Phi) is 4.26. The topological polar surface area (TPSA) is 66.0 Å². The van der Waals surface area contributed by atoms with Gasteiger partial charge >= 0.3 is 0 Å². The highest BCUT2D eigenvalue weighted by Gasteiger charge is 2.04.